The van der Waals surface area contributed by atoms with E-state index < -0.39 is 23.8 Å². The summed E-state index contributed by atoms with van der Waals surface area (Å²) in [4.78, 5) is 18.2. The van der Waals surface area contributed by atoms with E-state index >= 15 is 0 Å². The fourth-order valence-electron chi connectivity index (χ4n) is 3.17. The van der Waals surface area contributed by atoms with Crippen LogP contribution in [0.1, 0.15) is 55.1 Å². The normalized spacial score (nSPS) is 10.9. The molecule has 9 heteroatoms. The van der Waals surface area contributed by atoms with Crippen LogP contribution in [0.2, 0.25) is 0 Å². The molecule has 0 aliphatic carbocycles. The van der Waals surface area contributed by atoms with Crippen LogP contribution in [-0.2, 0) is 17.9 Å². The Morgan fingerprint density at radius 3 is 2.11 bits per heavy atom. The fourth-order valence-corrected chi connectivity index (χ4v) is 3.17. The predicted octanol–water partition coefficient (Wildman–Crippen LogP) is 6.28. The first kappa shape index (κ1) is 26.1. The van der Waals surface area contributed by atoms with Crippen LogP contribution < -0.4 is 9.64 Å². The van der Waals surface area contributed by atoms with Crippen molar-refractivity contribution in [3.63, 3.8) is 0 Å². The summed E-state index contributed by atoms with van der Waals surface area (Å²) in [5.74, 6) is -0.115. The molecule has 0 aliphatic heterocycles. The number of alkyl halides is 2. The van der Waals surface area contributed by atoms with Crippen LogP contribution in [0.3, 0.4) is 0 Å². The number of hydrogen-bond donors (Lipinski definition) is 0. The van der Waals surface area contributed by atoms with Crippen molar-refractivity contribution in [1.82, 2.24) is 4.98 Å². The molecule has 3 rings (SSSR count). The van der Waals surface area contributed by atoms with Crippen LogP contribution >= 0.6 is 0 Å². The van der Waals surface area contributed by atoms with Gasteiger partial charge in [0.2, 0.25) is 0 Å². The first-order valence-corrected chi connectivity index (χ1v) is 11.0. The Morgan fingerprint density at radius 2 is 1.58 bits per heavy atom. The molecule has 0 atom stereocenters. The Hall–Kier alpha value is -4.50. The molecule has 0 bridgehead atoms. The molecular weight excluding hydrogens is 466 g/mol. The molecule has 184 valence electrons. The molecular formula is C27H24F2N4O3. The number of anilines is 1. The van der Waals surface area contributed by atoms with Gasteiger partial charge in [0.05, 0.1) is 29.8 Å². The SMILES string of the molecule is CC(C)(C)OC(=O)N(Cc1cnc(C(F)F)c(OCc2ccc(C#N)cc2)c1)c1ccc(C#N)cc1. The molecule has 0 N–H and O–H groups in total. The van der Waals surface area contributed by atoms with Crippen molar-refractivity contribution in [3.8, 4) is 17.9 Å². The van der Waals surface area contributed by atoms with Gasteiger partial charge in [-0.05, 0) is 74.4 Å². The third-order valence-corrected chi connectivity index (χ3v) is 4.89. The van der Waals surface area contributed by atoms with E-state index in [4.69, 9.17) is 20.0 Å². The molecule has 2 aromatic carbocycles. The van der Waals surface area contributed by atoms with Crippen molar-refractivity contribution in [2.45, 2.75) is 45.9 Å². The Kier molecular flexibility index (Phi) is 8.18. The third-order valence-electron chi connectivity index (χ3n) is 4.89. The molecule has 0 fully saturated rings. The second-order valence-corrected chi connectivity index (χ2v) is 8.85. The van der Waals surface area contributed by atoms with Gasteiger partial charge >= 0.3 is 6.09 Å². The molecule has 1 amide bonds. The van der Waals surface area contributed by atoms with Gasteiger partial charge in [-0.15, -0.1) is 0 Å². The van der Waals surface area contributed by atoms with E-state index in [1.54, 1.807) is 69.3 Å². The van der Waals surface area contributed by atoms with Gasteiger partial charge in [0.15, 0.2) is 0 Å². The number of hydrogen-bond acceptors (Lipinski definition) is 6. The number of carbonyl (C=O) groups excluding carboxylic acids is 1. The number of rotatable bonds is 7. The van der Waals surface area contributed by atoms with Crippen LogP contribution in [-0.4, -0.2) is 16.7 Å². The van der Waals surface area contributed by atoms with Gasteiger partial charge in [0, 0.05) is 11.9 Å². The van der Waals surface area contributed by atoms with Gasteiger partial charge in [-0.1, -0.05) is 12.1 Å². The van der Waals surface area contributed by atoms with Crippen molar-refractivity contribution >= 4 is 11.8 Å². The maximum absolute atomic E-state index is 13.6. The lowest BCUT2D eigenvalue weighted by Crippen LogP contribution is -2.36. The zero-order chi connectivity index (χ0) is 26.3. The summed E-state index contributed by atoms with van der Waals surface area (Å²) < 4.78 is 38.4. The van der Waals surface area contributed by atoms with Crippen molar-refractivity contribution in [3.05, 3.63) is 88.7 Å². The number of pyridine rings is 1. The van der Waals surface area contributed by atoms with Crippen LogP contribution in [0.25, 0.3) is 0 Å². The number of carbonyl (C=O) groups is 1. The molecule has 7 nitrogen and oxygen atoms in total. The number of amides is 1. The van der Waals surface area contributed by atoms with E-state index in [-0.39, 0.29) is 18.9 Å². The minimum atomic E-state index is -2.87. The van der Waals surface area contributed by atoms with Crippen LogP contribution in [0.5, 0.6) is 5.75 Å². The largest absolute Gasteiger partial charge is 0.487 e. The van der Waals surface area contributed by atoms with Crippen molar-refractivity contribution < 1.29 is 23.0 Å². The second-order valence-electron chi connectivity index (χ2n) is 8.85. The average Bonchev–Trinajstić information content (AvgIpc) is 2.85. The summed E-state index contributed by atoms with van der Waals surface area (Å²) >= 11 is 0. The zero-order valence-electron chi connectivity index (χ0n) is 20.0. The number of halogens is 2. The summed E-state index contributed by atoms with van der Waals surface area (Å²) in [7, 11) is 0. The highest BCUT2D eigenvalue weighted by Crippen LogP contribution is 2.30. The van der Waals surface area contributed by atoms with E-state index in [0.29, 0.717) is 27.9 Å². The highest BCUT2D eigenvalue weighted by molar-refractivity contribution is 5.87. The van der Waals surface area contributed by atoms with E-state index in [2.05, 4.69) is 4.98 Å². The van der Waals surface area contributed by atoms with Gasteiger partial charge < -0.3 is 9.47 Å². The van der Waals surface area contributed by atoms with E-state index in [9.17, 15) is 13.6 Å². The third kappa shape index (κ3) is 7.00. The second kappa shape index (κ2) is 11.3. The molecule has 0 unspecified atom stereocenters. The number of ether oxygens (including phenoxy) is 2. The van der Waals surface area contributed by atoms with Crippen molar-refractivity contribution in [1.29, 1.82) is 10.5 Å². The maximum atomic E-state index is 13.6. The molecule has 36 heavy (non-hydrogen) atoms. The first-order chi connectivity index (χ1) is 17.1. The highest BCUT2D eigenvalue weighted by atomic mass is 19.3. The van der Waals surface area contributed by atoms with Crippen LogP contribution in [0.15, 0.2) is 60.8 Å². The summed E-state index contributed by atoms with van der Waals surface area (Å²) in [6.45, 7) is 5.15. The fraction of sp³-hybridized carbons (Fsp3) is 0.259. The summed E-state index contributed by atoms with van der Waals surface area (Å²) in [5.41, 5.74) is 1.19. The Labute approximate surface area is 208 Å². The molecule has 1 aromatic heterocycles. The summed E-state index contributed by atoms with van der Waals surface area (Å²) in [6.07, 6.45) is -2.25. The molecule has 0 radical (unpaired) electrons. The van der Waals surface area contributed by atoms with E-state index in [1.165, 1.54) is 17.2 Å². The predicted molar refractivity (Wildman–Crippen MR) is 128 cm³/mol. The zero-order valence-corrected chi connectivity index (χ0v) is 20.0. The smallest absolute Gasteiger partial charge is 0.415 e. The summed E-state index contributed by atoms with van der Waals surface area (Å²) in [5, 5.41) is 18.0. The molecule has 0 aliphatic rings. The lowest BCUT2D eigenvalue weighted by molar-refractivity contribution is 0.0577. The number of nitrogens with zero attached hydrogens (tertiary/aromatic N) is 4. The molecule has 0 saturated heterocycles. The van der Waals surface area contributed by atoms with Gasteiger partial charge in [-0.25, -0.2) is 13.6 Å². The monoisotopic (exact) mass is 490 g/mol. The number of benzene rings is 2. The van der Waals surface area contributed by atoms with Gasteiger partial charge in [-0.3, -0.25) is 9.88 Å². The summed E-state index contributed by atoms with van der Waals surface area (Å²) in [6, 6.07) is 18.4. The van der Waals surface area contributed by atoms with Gasteiger partial charge in [0.25, 0.3) is 6.43 Å². The first-order valence-electron chi connectivity index (χ1n) is 11.0. The minimum Gasteiger partial charge on any atom is -0.487 e. The quantitative estimate of drug-likeness (QED) is 0.386. The molecule has 3 aromatic rings. The maximum Gasteiger partial charge on any atom is 0.415 e. The average molecular weight is 491 g/mol. The topological polar surface area (TPSA) is 99.2 Å². The molecule has 0 saturated carbocycles. The Balaban J connectivity index is 1.89. The Bertz CT molecular complexity index is 1290. The highest BCUT2D eigenvalue weighted by Gasteiger charge is 2.25. The number of nitriles is 2. The van der Waals surface area contributed by atoms with Crippen LogP contribution in [0.4, 0.5) is 19.3 Å². The van der Waals surface area contributed by atoms with Crippen molar-refractivity contribution in [2.24, 2.45) is 0 Å². The van der Waals surface area contributed by atoms with Gasteiger partial charge in [-0.2, -0.15) is 10.5 Å². The standard InChI is InChI=1S/C27H24F2N4O3/c1-27(2,3)36-26(34)33(22-10-8-19(14-31)9-11-22)16-21-12-23(24(25(28)29)32-15-21)35-17-20-6-4-18(13-30)5-7-20/h4-12,15,25H,16-17H2,1-3H3. The van der Waals surface area contributed by atoms with E-state index in [0.717, 1.165) is 0 Å². The van der Waals surface area contributed by atoms with E-state index in [1.807, 2.05) is 12.1 Å². The lowest BCUT2D eigenvalue weighted by atomic mass is 10.1. The van der Waals surface area contributed by atoms with Crippen LogP contribution in [0, 0.1) is 22.7 Å². The Morgan fingerprint density at radius 1 is 1.00 bits per heavy atom. The van der Waals surface area contributed by atoms with Gasteiger partial charge in [0.1, 0.15) is 23.7 Å². The number of aromatic nitrogens is 1. The minimum absolute atomic E-state index is 0.0119. The lowest BCUT2D eigenvalue weighted by Gasteiger charge is -2.27. The molecule has 0 spiro atoms. The molecule has 1 heterocycles. The van der Waals surface area contributed by atoms with Crippen molar-refractivity contribution in [2.75, 3.05) is 4.90 Å².